The third kappa shape index (κ3) is 6.58. The van der Waals surface area contributed by atoms with Gasteiger partial charge in [0.1, 0.15) is 11.5 Å². The lowest BCUT2D eigenvalue weighted by Crippen LogP contribution is -2.52. The number of halogens is 7. The summed E-state index contributed by atoms with van der Waals surface area (Å²) in [6.07, 6.45) is -14.2. The number of nitrogens with zero attached hydrogens (tertiary/aromatic N) is 4. The van der Waals surface area contributed by atoms with Crippen LogP contribution >= 0.6 is 0 Å². The summed E-state index contributed by atoms with van der Waals surface area (Å²) in [4.78, 5) is 14.4. The summed E-state index contributed by atoms with van der Waals surface area (Å²) in [6, 6.07) is 4.44. The van der Waals surface area contributed by atoms with E-state index in [0.29, 0.717) is 5.56 Å². The van der Waals surface area contributed by atoms with Gasteiger partial charge in [0, 0.05) is 45.6 Å². The molecule has 0 saturated carbocycles. The first-order chi connectivity index (χ1) is 14.9. The maximum absolute atomic E-state index is 14.4. The molecule has 1 aromatic carbocycles. The van der Waals surface area contributed by atoms with E-state index in [0.717, 1.165) is 4.90 Å². The fourth-order valence-corrected chi connectivity index (χ4v) is 3.02. The average Bonchev–Trinajstić information content (AvgIpc) is 2.69. The molecular weight excluding hydrogens is 449 g/mol. The van der Waals surface area contributed by atoms with Crippen LogP contribution in [-0.4, -0.2) is 67.2 Å². The number of ether oxygens (including phenoxy) is 1. The fraction of sp³-hybridized carbons (Fsp3) is 0.474. The zero-order valence-corrected chi connectivity index (χ0v) is 17.0. The first kappa shape index (κ1) is 25.4. The number of allylic oxidation sites excluding steroid dienone is 1. The number of carbonyl (C=O) groups is 1. The molecule has 6 nitrogen and oxygen atoms in total. The molecule has 2 rings (SSSR count). The number of hydrogen-bond acceptors (Lipinski definition) is 5. The molecule has 1 aromatic rings. The zero-order chi connectivity index (χ0) is 24.1. The molecule has 0 aromatic heterocycles. The minimum Gasteiger partial charge on any atom is -0.426 e. The van der Waals surface area contributed by atoms with Crippen molar-refractivity contribution in [3.05, 3.63) is 41.9 Å². The van der Waals surface area contributed by atoms with Gasteiger partial charge >= 0.3 is 18.4 Å². The van der Waals surface area contributed by atoms with Crippen LogP contribution in [0.2, 0.25) is 0 Å². The largest absolute Gasteiger partial charge is 0.434 e. The summed E-state index contributed by atoms with van der Waals surface area (Å²) in [7, 11) is 0. The number of hydrazone groups is 1. The highest BCUT2D eigenvalue weighted by atomic mass is 19.4. The van der Waals surface area contributed by atoms with E-state index in [4.69, 9.17) is 0 Å². The molecule has 0 aliphatic carbocycles. The van der Waals surface area contributed by atoms with Crippen LogP contribution in [0.1, 0.15) is 12.5 Å². The molecule has 0 N–H and O–H groups in total. The molecular formula is C19H21F7N4O2. The Kier molecular flexibility index (Phi) is 8.10. The lowest BCUT2D eigenvalue weighted by molar-refractivity contribution is -0.308. The van der Waals surface area contributed by atoms with Crippen LogP contribution in [0.3, 0.4) is 0 Å². The first-order valence-electron chi connectivity index (χ1n) is 9.35. The summed E-state index contributed by atoms with van der Waals surface area (Å²) in [5.41, 5.74) is 0.763. The Labute approximate surface area is 179 Å². The normalized spacial score (nSPS) is 16.0. The monoisotopic (exact) mass is 470 g/mol. The van der Waals surface area contributed by atoms with Crippen molar-refractivity contribution in [3.63, 3.8) is 0 Å². The molecule has 1 fully saturated rings. The molecule has 32 heavy (non-hydrogen) atoms. The molecule has 0 bridgehead atoms. The highest BCUT2D eigenvalue weighted by Gasteiger charge is 2.60. The maximum Gasteiger partial charge on any atom is 0.434 e. The second-order valence-corrected chi connectivity index (χ2v) is 6.86. The third-order valence-electron chi connectivity index (χ3n) is 4.55. The van der Waals surface area contributed by atoms with Crippen molar-refractivity contribution in [3.8, 4) is 0 Å². The van der Waals surface area contributed by atoms with Crippen molar-refractivity contribution >= 4 is 18.5 Å². The summed E-state index contributed by atoms with van der Waals surface area (Å²) >= 11 is 0. The second kappa shape index (κ2) is 10.2. The fourth-order valence-electron chi connectivity index (χ4n) is 3.02. The number of anilines is 1. The molecule has 1 amide bonds. The Morgan fingerprint density at radius 2 is 1.78 bits per heavy atom. The van der Waals surface area contributed by atoms with E-state index >= 15 is 0 Å². The Hall–Kier alpha value is -2.83. The van der Waals surface area contributed by atoms with Gasteiger partial charge in [-0.1, -0.05) is 12.1 Å². The van der Waals surface area contributed by atoms with Gasteiger partial charge in [-0.15, -0.1) is 0 Å². The van der Waals surface area contributed by atoms with Gasteiger partial charge in [-0.05, 0) is 24.6 Å². The molecule has 0 unspecified atom stereocenters. The van der Waals surface area contributed by atoms with Crippen molar-refractivity contribution < 1.29 is 40.3 Å². The van der Waals surface area contributed by atoms with Gasteiger partial charge in [0.05, 0.1) is 0 Å². The van der Waals surface area contributed by atoms with Crippen LogP contribution in [0.25, 0.3) is 0 Å². The highest BCUT2D eigenvalue weighted by Crippen LogP contribution is 2.36. The molecule has 13 heteroatoms. The number of carbonyl (C=O) groups excluding carboxylic acids is 1. The first-order valence-corrected chi connectivity index (χ1v) is 9.35. The van der Waals surface area contributed by atoms with Gasteiger partial charge in [-0.3, -0.25) is 4.90 Å². The van der Waals surface area contributed by atoms with Crippen LogP contribution in [0.4, 0.5) is 41.2 Å². The molecule has 178 valence electrons. The molecule has 1 saturated heterocycles. The maximum atomic E-state index is 14.4. The van der Waals surface area contributed by atoms with Crippen LogP contribution in [0, 0.1) is 5.82 Å². The quantitative estimate of drug-likeness (QED) is 0.348. The lowest BCUT2D eigenvalue weighted by Gasteiger charge is -2.35. The average molecular weight is 470 g/mol. The van der Waals surface area contributed by atoms with Crippen molar-refractivity contribution in [2.75, 3.05) is 31.2 Å². The molecule has 1 aliphatic rings. The van der Waals surface area contributed by atoms with E-state index in [1.54, 1.807) is 24.0 Å². The topological polar surface area (TPSA) is 48.4 Å². The van der Waals surface area contributed by atoms with E-state index < -0.39 is 30.4 Å². The molecule has 1 heterocycles. The minimum absolute atomic E-state index is 0.142. The van der Waals surface area contributed by atoms with Crippen LogP contribution in [0.5, 0.6) is 0 Å². The smallest absolute Gasteiger partial charge is 0.426 e. The minimum atomic E-state index is -5.77. The van der Waals surface area contributed by atoms with Gasteiger partial charge < -0.3 is 9.64 Å². The Morgan fingerprint density at radius 3 is 2.25 bits per heavy atom. The van der Waals surface area contributed by atoms with Gasteiger partial charge in [-0.2, -0.15) is 31.4 Å². The lowest BCUT2D eigenvalue weighted by atomic mass is 10.1. The SMILES string of the molecule is C=NN(/C=C\C)c1ccc(CN2CCN(C(=O)OC(C(F)(F)F)C(F)(F)F)CC2)cc1F. The van der Waals surface area contributed by atoms with Gasteiger partial charge in [0.2, 0.25) is 0 Å². The number of amides is 1. The standard InChI is InChI=1S/C19H21F7N4O2/c1-3-6-30(27-2)15-5-4-13(11-14(15)20)12-28-7-9-29(10-8-28)17(31)32-16(18(21,22)23)19(24,25)26/h3-6,11,16H,2,7-10,12H2,1H3/b6-3-. The predicted octanol–water partition coefficient (Wildman–Crippen LogP) is 4.53. The Morgan fingerprint density at radius 1 is 1.19 bits per heavy atom. The number of rotatable bonds is 6. The van der Waals surface area contributed by atoms with Gasteiger partial charge in [-0.25, -0.2) is 14.2 Å². The summed E-state index contributed by atoms with van der Waals surface area (Å²) < 4.78 is 93.4. The van der Waals surface area contributed by atoms with Crippen LogP contribution < -0.4 is 5.01 Å². The third-order valence-corrected chi connectivity index (χ3v) is 4.55. The molecule has 0 spiro atoms. The predicted molar refractivity (Wildman–Crippen MR) is 102 cm³/mol. The molecule has 0 atom stereocenters. The van der Waals surface area contributed by atoms with Crippen molar-refractivity contribution in [2.24, 2.45) is 5.10 Å². The molecule has 0 radical (unpaired) electrons. The van der Waals surface area contributed by atoms with Crippen molar-refractivity contribution in [1.82, 2.24) is 9.80 Å². The van der Waals surface area contributed by atoms with Crippen LogP contribution in [0.15, 0.2) is 35.6 Å². The van der Waals surface area contributed by atoms with E-state index in [1.165, 1.54) is 23.3 Å². The zero-order valence-electron chi connectivity index (χ0n) is 17.0. The van der Waals surface area contributed by atoms with E-state index in [-0.39, 0.29) is 38.4 Å². The van der Waals surface area contributed by atoms with E-state index in [2.05, 4.69) is 16.6 Å². The van der Waals surface area contributed by atoms with E-state index in [9.17, 15) is 35.5 Å². The summed E-state index contributed by atoms with van der Waals surface area (Å²) in [5, 5.41) is 4.93. The van der Waals surface area contributed by atoms with Gasteiger partial charge in [0.15, 0.2) is 0 Å². The number of alkyl halides is 6. The van der Waals surface area contributed by atoms with Crippen LogP contribution in [-0.2, 0) is 11.3 Å². The highest BCUT2D eigenvalue weighted by molar-refractivity contribution is 5.68. The van der Waals surface area contributed by atoms with Gasteiger partial charge in [0.25, 0.3) is 6.10 Å². The van der Waals surface area contributed by atoms with Crippen molar-refractivity contribution in [2.45, 2.75) is 31.9 Å². The molecule has 1 aliphatic heterocycles. The number of benzene rings is 1. The summed E-state index contributed by atoms with van der Waals surface area (Å²) in [5.74, 6) is -0.555. The Bertz CT molecular complexity index is 820. The number of hydrogen-bond donors (Lipinski definition) is 0. The second-order valence-electron chi connectivity index (χ2n) is 6.86. The van der Waals surface area contributed by atoms with E-state index in [1.807, 2.05) is 0 Å². The van der Waals surface area contributed by atoms with Crippen molar-refractivity contribution in [1.29, 1.82) is 0 Å². The summed E-state index contributed by atoms with van der Waals surface area (Å²) in [6.45, 7) is 5.38. The Balaban J connectivity index is 1.95. The number of piperazine rings is 1.